The maximum Gasteiger partial charge on any atom is 0.224 e. The SMILES string of the molecule is O=C(CCC1CCCC1)Nc1cccc(CCCO)c1. The van der Waals surface area contributed by atoms with E-state index in [4.69, 9.17) is 5.11 Å². The highest BCUT2D eigenvalue weighted by molar-refractivity contribution is 5.90. The molecule has 1 fully saturated rings. The van der Waals surface area contributed by atoms with Crippen molar-refractivity contribution in [1.82, 2.24) is 0 Å². The lowest BCUT2D eigenvalue weighted by molar-refractivity contribution is -0.116. The summed E-state index contributed by atoms with van der Waals surface area (Å²) in [6.45, 7) is 0.206. The summed E-state index contributed by atoms with van der Waals surface area (Å²) in [4.78, 5) is 11.9. The molecule has 0 spiro atoms. The van der Waals surface area contributed by atoms with Crippen LogP contribution in [-0.4, -0.2) is 17.6 Å². The van der Waals surface area contributed by atoms with Crippen molar-refractivity contribution in [3.8, 4) is 0 Å². The molecule has 1 aliphatic carbocycles. The summed E-state index contributed by atoms with van der Waals surface area (Å²) in [5.41, 5.74) is 2.03. The summed E-state index contributed by atoms with van der Waals surface area (Å²) in [5, 5.41) is 11.8. The van der Waals surface area contributed by atoms with E-state index >= 15 is 0 Å². The number of benzene rings is 1. The standard InChI is InChI=1S/C17H25NO2/c19-12-4-8-15-7-3-9-16(13-15)18-17(20)11-10-14-5-1-2-6-14/h3,7,9,13-14,19H,1-2,4-6,8,10-12H2,(H,18,20). The number of aliphatic hydroxyl groups is 1. The zero-order chi connectivity index (χ0) is 14.2. The van der Waals surface area contributed by atoms with Gasteiger partial charge in [-0.3, -0.25) is 4.79 Å². The quantitative estimate of drug-likeness (QED) is 0.800. The molecule has 0 aliphatic heterocycles. The summed E-state index contributed by atoms with van der Waals surface area (Å²) in [6, 6.07) is 7.92. The summed E-state index contributed by atoms with van der Waals surface area (Å²) >= 11 is 0. The molecule has 0 aromatic heterocycles. The smallest absolute Gasteiger partial charge is 0.224 e. The van der Waals surface area contributed by atoms with Gasteiger partial charge in [0.05, 0.1) is 0 Å². The third-order valence-electron chi connectivity index (χ3n) is 4.09. The van der Waals surface area contributed by atoms with Crippen LogP contribution in [0.3, 0.4) is 0 Å². The van der Waals surface area contributed by atoms with E-state index in [-0.39, 0.29) is 12.5 Å². The Kier molecular flexibility index (Phi) is 6.06. The van der Waals surface area contributed by atoms with E-state index in [2.05, 4.69) is 5.32 Å². The van der Waals surface area contributed by atoms with Gasteiger partial charge in [0.1, 0.15) is 0 Å². The number of hydrogen-bond donors (Lipinski definition) is 2. The molecule has 0 heterocycles. The first-order valence-electron chi connectivity index (χ1n) is 7.77. The van der Waals surface area contributed by atoms with Crippen LogP contribution >= 0.6 is 0 Å². The van der Waals surface area contributed by atoms with E-state index in [9.17, 15) is 4.79 Å². The van der Waals surface area contributed by atoms with Crippen molar-refractivity contribution in [2.45, 2.75) is 51.4 Å². The molecule has 1 aromatic carbocycles. The molecule has 0 unspecified atom stereocenters. The molecule has 1 amide bonds. The lowest BCUT2D eigenvalue weighted by atomic mass is 10.0. The van der Waals surface area contributed by atoms with Crippen LogP contribution < -0.4 is 5.32 Å². The molecule has 0 saturated heterocycles. The molecule has 3 heteroatoms. The second-order valence-corrected chi connectivity index (χ2v) is 5.76. The minimum atomic E-state index is 0.121. The van der Waals surface area contributed by atoms with Crippen molar-refractivity contribution < 1.29 is 9.90 Å². The maximum atomic E-state index is 11.9. The maximum absolute atomic E-state index is 11.9. The second kappa shape index (κ2) is 8.05. The molecule has 0 bridgehead atoms. The van der Waals surface area contributed by atoms with E-state index < -0.39 is 0 Å². The molecule has 110 valence electrons. The van der Waals surface area contributed by atoms with Crippen LogP contribution in [-0.2, 0) is 11.2 Å². The first-order chi connectivity index (χ1) is 9.78. The van der Waals surface area contributed by atoms with Crippen molar-refractivity contribution in [3.63, 3.8) is 0 Å². The van der Waals surface area contributed by atoms with Crippen LogP contribution in [0.25, 0.3) is 0 Å². The molecule has 1 aromatic rings. The minimum Gasteiger partial charge on any atom is -0.396 e. The highest BCUT2D eigenvalue weighted by Crippen LogP contribution is 2.28. The number of amides is 1. The lowest BCUT2D eigenvalue weighted by Crippen LogP contribution is -2.12. The largest absolute Gasteiger partial charge is 0.396 e. The highest BCUT2D eigenvalue weighted by Gasteiger charge is 2.16. The number of anilines is 1. The van der Waals surface area contributed by atoms with Crippen LogP contribution in [0.4, 0.5) is 5.69 Å². The number of carbonyl (C=O) groups excluding carboxylic acids is 1. The molecule has 1 saturated carbocycles. The van der Waals surface area contributed by atoms with Gasteiger partial charge in [0.25, 0.3) is 0 Å². The van der Waals surface area contributed by atoms with Gasteiger partial charge in [-0.15, -0.1) is 0 Å². The van der Waals surface area contributed by atoms with Gasteiger partial charge in [0, 0.05) is 18.7 Å². The Morgan fingerprint density at radius 2 is 2.10 bits per heavy atom. The number of carbonyl (C=O) groups is 1. The topological polar surface area (TPSA) is 49.3 Å². The average Bonchev–Trinajstić information content (AvgIpc) is 2.97. The molecule has 2 rings (SSSR count). The Hall–Kier alpha value is -1.35. The van der Waals surface area contributed by atoms with Crippen LogP contribution in [0.5, 0.6) is 0 Å². The first kappa shape index (κ1) is 15.0. The van der Waals surface area contributed by atoms with Gasteiger partial charge in [0.15, 0.2) is 0 Å². The number of hydrogen-bond acceptors (Lipinski definition) is 2. The van der Waals surface area contributed by atoms with Crippen LogP contribution in [0, 0.1) is 5.92 Å². The lowest BCUT2D eigenvalue weighted by Gasteiger charge is -2.10. The Balaban J connectivity index is 1.77. The monoisotopic (exact) mass is 275 g/mol. The normalized spacial score (nSPS) is 15.4. The molecule has 3 nitrogen and oxygen atoms in total. The first-order valence-corrected chi connectivity index (χ1v) is 7.77. The average molecular weight is 275 g/mol. The zero-order valence-electron chi connectivity index (χ0n) is 12.1. The Bertz CT molecular complexity index is 425. The molecule has 0 radical (unpaired) electrons. The second-order valence-electron chi connectivity index (χ2n) is 5.76. The van der Waals surface area contributed by atoms with Gasteiger partial charge in [0.2, 0.25) is 5.91 Å². The predicted molar refractivity (Wildman–Crippen MR) is 81.7 cm³/mol. The van der Waals surface area contributed by atoms with Gasteiger partial charge in [-0.25, -0.2) is 0 Å². The highest BCUT2D eigenvalue weighted by atomic mass is 16.2. The van der Waals surface area contributed by atoms with E-state index in [1.54, 1.807) is 0 Å². The van der Waals surface area contributed by atoms with Crippen molar-refractivity contribution >= 4 is 11.6 Å². The fourth-order valence-electron chi connectivity index (χ4n) is 2.95. The third kappa shape index (κ3) is 4.97. The summed E-state index contributed by atoms with van der Waals surface area (Å²) < 4.78 is 0. The summed E-state index contributed by atoms with van der Waals surface area (Å²) in [6.07, 6.45) is 8.52. The van der Waals surface area contributed by atoms with Crippen molar-refractivity contribution in [2.24, 2.45) is 5.92 Å². The molecular formula is C17H25NO2. The zero-order valence-corrected chi connectivity index (χ0v) is 12.1. The van der Waals surface area contributed by atoms with Gasteiger partial charge in [-0.2, -0.15) is 0 Å². The summed E-state index contributed by atoms with van der Waals surface area (Å²) in [7, 11) is 0. The van der Waals surface area contributed by atoms with Gasteiger partial charge < -0.3 is 10.4 Å². The molecular weight excluding hydrogens is 250 g/mol. The summed E-state index contributed by atoms with van der Waals surface area (Å²) in [5.74, 6) is 0.882. The van der Waals surface area contributed by atoms with E-state index in [1.165, 1.54) is 25.7 Å². The molecule has 2 N–H and O–H groups in total. The minimum absolute atomic E-state index is 0.121. The van der Waals surface area contributed by atoms with Crippen LogP contribution in [0.15, 0.2) is 24.3 Å². The third-order valence-corrected chi connectivity index (χ3v) is 4.09. The molecule has 0 atom stereocenters. The fraction of sp³-hybridized carbons (Fsp3) is 0.588. The molecule has 1 aliphatic rings. The van der Waals surface area contributed by atoms with E-state index in [1.807, 2.05) is 24.3 Å². The van der Waals surface area contributed by atoms with Gasteiger partial charge in [-0.05, 0) is 42.9 Å². The van der Waals surface area contributed by atoms with E-state index in [0.717, 1.165) is 36.4 Å². The van der Waals surface area contributed by atoms with Crippen LogP contribution in [0.1, 0.15) is 50.5 Å². The number of rotatable bonds is 7. The Morgan fingerprint density at radius 3 is 2.85 bits per heavy atom. The fourth-order valence-corrected chi connectivity index (χ4v) is 2.95. The van der Waals surface area contributed by atoms with Gasteiger partial charge >= 0.3 is 0 Å². The van der Waals surface area contributed by atoms with Crippen molar-refractivity contribution in [1.29, 1.82) is 0 Å². The Morgan fingerprint density at radius 1 is 1.30 bits per heavy atom. The Labute approximate surface area is 121 Å². The predicted octanol–water partition coefficient (Wildman–Crippen LogP) is 3.52. The van der Waals surface area contributed by atoms with Crippen molar-refractivity contribution in [3.05, 3.63) is 29.8 Å². The molecule has 20 heavy (non-hydrogen) atoms. The van der Waals surface area contributed by atoms with E-state index in [0.29, 0.717) is 6.42 Å². The number of aryl methyl sites for hydroxylation is 1. The van der Waals surface area contributed by atoms with Crippen molar-refractivity contribution in [2.75, 3.05) is 11.9 Å². The van der Waals surface area contributed by atoms with Crippen LogP contribution in [0.2, 0.25) is 0 Å². The van der Waals surface area contributed by atoms with Gasteiger partial charge in [-0.1, -0.05) is 37.8 Å². The number of aliphatic hydroxyl groups excluding tert-OH is 1. The number of nitrogens with one attached hydrogen (secondary N) is 1.